The topological polar surface area (TPSA) is 84.2 Å². The van der Waals surface area contributed by atoms with E-state index in [9.17, 15) is 9.59 Å². The Hall–Kier alpha value is -1.10. The molecule has 0 bridgehead atoms. The minimum Gasteiger partial charge on any atom is -0.370 e. The van der Waals surface area contributed by atoms with Crippen LogP contribution in [-0.2, 0) is 9.59 Å². The smallest absolute Gasteiger partial charge is 0.237 e. The molecule has 0 radical (unpaired) electrons. The van der Waals surface area contributed by atoms with Crippen molar-refractivity contribution in [1.82, 2.24) is 10.6 Å². The third-order valence-corrected chi connectivity index (χ3v) is 4.08. The highest BCUT2D eigenvalue weighted by Gasteiger charge is 2.37. The first kappa shape index (κ1) is 13.3. The summed E-state index contributed by atoms with van der Waals surface area (Å²) in [5.41, 5.74) is 5.05. The van der Waals surface area contributed by atoms with Crippen LogP contribution in [0.2, 0.25) is 0 Å². The van der Waals surface area contributed by atoms with Gasteiger partial charge < -0.3 is 16.4 Å². The van der Waals surface area contributed by atoms with Gasteiger partial charge in [-0.05, 0) is 31.6 Å². The van der Waals surface area contributed by atoms with Crippen molar-refractivity contribution in [3.05, 3.63) is 0 Å². The van der Waals surface area contributed by atoms with Crippen molar-refractivity contribution in [1.29, 1.82) is 0 Å². The number of primary amides is 1. The summed E-state index contributed by atoms with van der Waals surface area (Å²) in [4.78, 5) is 22.5. The summed E-state index contributed by atoms with van der Waals surface area (Å²) < 4.78 is 0. The molecule has 1 saturated carbocycles. The van der Waals surface area contributed by atoms with E-state index in [1.54, 1.807) is 0 Å². The van der Waals surface area contributed by atoms with Crippen LogP contribution in [0.15, 0.2) is 0 Å². The number of carbonyl (C=O) groups is 2. The normalized spacial score (nSPS) is 30.8. The number of hydrogen-bond donors (Lipinski definition) is 3. The lowest BCUT2D eigenvalue weighted by atomic mass is 9.85. The molecule has 5 nitrogen and oxygen atoms in total. The van der Waals surface area contributed by atoms with Gasteiger partial charge in [-0.15, -0.1) is 0 Å². The minimum absolute atomic E-state index is 0.0355. The molecule has 2 amide bonds. The Balaban J connectivity index is 1.68. The number of fused-ring (bicyclic) bond motifs is 1. The highest BCUT2D eigenvalue weighted by atomic mass is 16.2. The van der Waals surface area contributed by atoms with Crippen LogP contribution < -0.4 is 16.4 Å². The number of carbonyl (C=O) groups excluding carboxylic acids is 2. The van der Waals surface area contributed by atoms with Crippen LogP contribution in [0.25, 0.3) is 0 Å². The number of hydrogen-bond acceptors (Lipinski definition) is 3. The fourth-order valence-corrected chi connectivity index (χ4v) is 3.12. The van der Waals surface area contributed by atoms with Crippen molar-refractivity contribution in [2.24, 2.45) is 11.7 Å². The quantitative estimate of drug-likeness (QED) is 0.616. The van der Waals surface area contributed by atoms with Crippen LogP contribution in [0.3, 0.4) is 0 Å². The first-order chi connectivity index (χ1) is 8.66. The summed E-state index contributed by atoms with van der Waals surface area (Å²) in [5.74, 6) is 0.447. The molecule has 2 rings (SSSR count). The molecule has 102 valence electrons. The van der Waals surface area contributed by atoms with E-state index in [4.69, 9.17) is 5.73 Å². The van der Waals surface area contributed by atoms with E-state index >= 15 is 0 Å². The van der Waals surface area contributed by atoms with Crippen molar-refractivity contribution in [3.8, 4) is 0 Å². The highest BCUT2D eigenvalue weighted by molar-refractivity contribution is 5.82. The van der Waals surface area contributed by atoms with Gasteiger partial charge in [-0.2, -0.15) is 0 Å². The molecule has 4 N–H and O–H groups in total. The van der Waals surface area contributed by atoms with Gasteiger partial charge in [-0.3, -0.25) is 9.59 Å². The van der Waals surface area contributed by atoms with Crippen LogP contribution in [0.1, 0.15) is 44.9 Å². The summed E-state index contributed by atoms with van der Waals surface area (Å²) in [7, 11) is 0. The van der Waals surface area contributed by atoms with Crippen molar-refractivity contribution in [2.45, 2.75) is 57.0 Å². The van der Waals surface area contributed by atoms with Gasteiger partial charge >= 0.3 is 0 Å². The Morgan fingerprint density at radius 1 is 1.28 bits per heavy atom. The largest absolute Gasteiger partial charge is 0.370 e. The number of nitrogens with two attached hydrogens (primary N) is 1. The SMILES string of the molecule is NC(=O)CCCNC(=O)C1CC2CCCCC2N1. The average molecular weight is 253 g/mol. The van der Waals surface area contributed by atoms with Gasteiger partial charge in [0.2, 0.25) is 11.8 Å². The van der Waals surface area contributed by atoms with E-state index in [-0.39, 0.29) is 17.9 Å². The number of nitrogens with one attached hydrogen (secondary N) is 2. The van der Waals surface area contributed by atoms with Crippen molar-refractivity contribution in [2.75, 3.05) is 6.54 Å². The van der Waals surface area contributed by atoms with Crippen molar-refractivity contribution in [3.63, 3.8) is 0 Å². The van der Waals surface area contributed by atoms with Crippen LogP contribution >= 0.6 is 0 Å². The monoisotopic (exact) mass is 253 g/mol. The lowest BCUT2D eigenvalue weighted by Gasteiger charge is -2.24. The molecule has 2 fully saturated rings. The Bertz CT molecular complexity index is 305. The molecule has 0 aromatic carbocycles. The molecular weight excluding hydrogens is 230 g/mol. The minimum atomic E-state index is -0.311. The maximum atomic E-state index is 11.9. The Kier molecular flexibility index (Phi) is 4.58. The average Bonchev–Trinajstić information content (AvgIpc) is 2.78. The first-order valence-electron chi connectivity index (χ1n) is 6.99. The lowest BCUT2D eigenvalue weighted by Crippen LogP contribution is -2.43. The number of amides is 2. The maximum absolute atomic E-state index is 11.9. The van der Waals surface area contributed by atoms with Gasteiger partial charge in [-0.1, -0.05) is 12.8 Å². The molecule has 2 aliphatic rings. The van der Waals surface area contributed by atoms with E-state index in [0.717, 1.165) is 6.42 Å². The third-order valence-electron chi connectivity index (χ3n) is 4.08. The standard InChI is InChI=1S/C13H23N3O2/c14-12(17)6-3-7-15-13(18)11-8-9-4-1-2-5-10(9)16-11/h9-11,16H,1-8H2,(H2,14,17)(H,15,18). The second kappa shape index (κ2) is 6.18. The molecule has 3 atom stereocenters. The van der Waals surface area contributed by atoms with Crippen molar-refractivity contribution < 1.29 is 9.59 Å². The van der Waals surface area contributed by atoms with Crippen LogP contribution in [0.5, 0.6) is 0 Å². The van der Waals surface area contributed by atoms with Gasteiger partial charge in [0.1, 0.15) is 0 Å². The molecule has 1 saturated heterocycles. The summed E-state index contributed by atoms with van der Waals surface area (Å²) in [5, 5.41) is 6.32. The Morgan fingerprint density at radius 3 is 2.78 bits per heavy atom. The van der Waals surface area contributed by atoms with Gasteiger partial charge in [0.15, 0.2) is 0 Å². The third kappa shape index (κ3) is 3.45. The molecule has 0 aromatic rings. The van der Waals surface area contributed by atoms with Gasteiger partial charge in [0.25, 0.3) is 0 Å². The van der Waals surface area contributed by atoms with Crippen LogP contribution in [0.4, 0.5) is 0 Å². The van der Waals surface area contributed by atoms with E-state index < -0.39 is 0 Å². The lowest BCUT2D eigenvalue weighted by molar-refractivity contribution is -0.123. The van der Waals surface area contributed by atoms with Gasteiger partial charge in [0.05, 0.1) is 6.04 Å². The summed E-state index contributed by atoms with van der Waals surface area (Å²) in [6.07, 6.45) is 6.97. The predicted molar refractivity (Wildman–Crippen MR) is 68.7 cm³/mol. The predicted octanol–water partition coefficient (Wildman–Crippen LogP) is 0.289. The molecule has 1 heterocycles. The molecular formula is C13H23N3O2. The fourth-order valence-electron chi connectivity index (χ4n) is 3.12. The van der Waals surface area contributed by atoms with Crippen LogP contribution in [0, 0.1) is 5.92 Å². The number of rotatable bonds is 5. The van der Waals surface area contributed by atoms with Gasteiger partial charge in [0, 0.05) is 19.0 Å². The second-order valence-electron chi connectivity index (χ2n) is 5.47. The zero-order valence-electron chi connectivity index (χ0n) is 10.8. The fraction of sp³-hybridized carbons (Fsp3) is 0.846. The maximum Gasteiger partial charge on any atom is 0.237 e. The molecule has 0 spiro atoms. The summed E-state index contributed by atoms with van der Waals surface area (Å²) >= 11 is 0. The first-order valence-corrected chi connectivity index (χ1v) is 6.99. The zero-order chi connectivity index (χ0) is 13.0. The molecule has 18 heavy (non-hydrogen) atoms. The summed E-state index contributed by atoms with van der Waals surface area (Å²) in [6.45, 7) is 0.537. The van der Waals surface area contributed by atoms with E-state index in [0.29, 0.717) is 31.3 Å². The molecule has 0 aromatic heterocycles. The van der Waals surface area contributed by atoms with E-state index in [1.165, 1.54) is 25.7 Å². The van der Waals surface area contributed by atoms with E-state index in [2.05, 4.69) is 10.6 Å². The molecule has 1 aliphatic heterocycles. The van der Waals surface area contributed by atoms with Crippen molar-refractivity contribution >= 4 is 11.8 Å². The molecule has 3 unspecified atom stereocenters. The molecule has 5 heteroatoms. The molecule has 1 aliphatic carbocycles. The van der Waals surface area contributed by atoms with Crippen LogP contribution in [-0.4, -0.2) is 30.4 Å². The van der Waals surface area contributed by atoms with Gasteiger partial charge in [-0.25, -0.2) is 0 Å². The Labute approximate surface area is 108 Å². The summed E-state index contributed by atoms with van der Waals surface area (Å²) in [6, 6.07) is 0.506. The zero-order valence-corrected chi connectivity index (χ0v) is 10.8. The highest BCUT2D eigenvalue weighted by Crippen LogP contribution is 2.33. The Morgan fingerprint density at radius 2 is 2.06 bits per heavy atom. The van der Waals surface area contributed by atoms with E-state index in [1.807, 2.05) is 0 Å². The second-order valence-corrected chi connectivity index (χ2v) is 5.47.